The molecule has 0 atom stereocenters. The van der Waals surface area contributed by atoms with Crippen LogP contribution in [0.5, 0.6) is 0 Å². The number of para-hydroxylation sites is 1. The van der Waals surface area contributed by atoms with E-state index in [1.54, 1.807) is 0 Å². The number of Topliss-reactive ketones (excluding diaryl/α,β-unsaturated/α-hetero) is 1. The molecule has 0 spiro atoms. The Bertz CT molecular complexity index is 1200. The van der Waals surface area contributed by atoms with Crippen LogP contribution >= 0.6 is 11.3 Å². The van der Waals surface area contributed by atoms with Crippen LogP contribution in [0.2, 0.25) is 0 Å². The lowest BCUT2D eigenvalue weighted by Crippen LogP contribution is -2.42. The number of esters is 1. The van der Waals surface area contributed by atoms with Crippen LogP contribution < -0.4 is 17.0 Å². The number of thiazole rings is 1. The highest BCUT2D eigenvalue weighted by Gasteiger charge is 2.21. The molecule has 10 heteroatoms. The molecule has 28 heavy (non-hydrogen) atoms. The molecule has 3 aromatic rings. The van der Waals surface area contributed by atoms with Crippen molar-refractivity contribution in [2.24, 2.45) is 14.1 Å². The molecule has 0 unspecified atom stereocenters. The van der Waals surface area contributed by atoms with Gasteiger partial charge in [0.05, 0.1) is 10.2 Å². The van der Waals surface area contributed by atoms with Gasteiger partial charge >= 0.3 is 11.7 Å². The van der Waals surface area contributed by atoms with E-state index in [0.29, 0.717) is 5.01 Å². The van der Waals surface area contributed by atoms with Crippen LogP contribution in [0.15, 0.2) is 39.9 Å². The number of ketones is 1. The largest absolute Gasteiger partial charge is 0.454 e. The standard InChI is InChI=1S/C18H16N4O5S/c1-21-16(19)15(17(25)22(2)18(21)26)11(23)9-27-14(24)8-7-13-20-10-5-3-4-6-12(10)28-13/h3-8H,9,19H2,1-2H3/b8-7+. The lowest BCUT2D eigenvalue weighted by molar-refractivity contribution is -0.136. The number of hydrogen-bond acceptors (Lipinski definition) is 8. The smallest absolute Gasteiger partial charge is 0.332 e. The summed E-state index contributed by atoms with van der Waals surface area (Å²) in [4.78, 5) is 52.4. The SMILES string of the molecule is Cn1c(N)c(C(=O)COC(=O)/C=C/c2nc3ccccc3s2)c(=O)n(C)c1=O. The Morgan fingerprint density at radius 1 is 1.21 bits per heavy atom. The summed E-state index contributed by atoms with van der Waals surface area (Å²) in [6.07, 6.45) is 2.63. The Labute approximate surface area is 162 Å². The molecule has 2 N–H and O–H groups in total. The number of nitrogens with two attached hydrogens (primary N) is 1. The van der Waals surface area contributed by atoms with Crippen molar-refractivity contribution in [3.63, 3.8) is 0 Å². The minimum atomic E-state index is -0.841. The molecule has 0 radical (unpaired) electrons. The number of ether oxygens (including phenoxy) is 1. The van der Waals surface area contributed by atoms with E-state index in [1.165, 1.54) is 31.5 Å². The highest BCUT2D eigenvalue weighted by molar-refractivity contribution is 7.19. The Morgan fingerprint density at radius 2 is 1.93 bits per heavy atom. The molecular weight excluding hydrogens is 384 g/mol. The van der Waals surface area contributed by atoms with E-state index in [-0.39, 0.29) is 5.82 Å². The maximum atomic E-state index is 12.3. The van der Waals surface area contributed by atoms with Crippen LogP contribution in [0.4, 0.5) is 5.82 Å². The van der Waals surface area contributed by atoms with Gasteiger partial charge in [-0.1, -0.05) is 12.1 Å². The summed E-state index contributed by atoms with van der Waals surface area (Å²) >= 11 is 1.40. The predicted molar refractivity (Wildman–Crippen MR) is 105 cm³/mol. The number of rotatable bonds is 5. The predicted octanol–water partition coefficient (Wildman–Crippen LogP) is 0.715. The van der Waals surface area contributed by atoms with Crippen LogP contribution in [0.25, 0.3) is 16.3 Å². The number of carbonyl (C=O) groups is 2. The van der Waals surface area contributed by atoms with Crippen LogP contribution in [0.3, 0.4) is 0 Å². The van der Waals surface area contributed by atoms with Gasteiger partial charge in [-0.25, -0.2) is 14.6 Å². The van der Waals surface area contributed by atoms with E-state index >= 15 is 0 Å². The minimum Gasteiger partial charge on any atom is -0.454 e. The summed E-state index contributed by atoms with van der Waals surface area (Å²) in [5.41, 5.74) is 4.62. The molecule has 0 amide bonds. The average Bonchev–Trinajstić information content (AvgIpc) is 3.11. The molecular formula is C18H16N4O5S. The van der Waals surface area contributed by atoms with Gasteiger partial charge in [0.1, 0.15) is 16.4 Å². The number of nitrogens with zero attached hydrogens (tertiary/aromatic N) is 3. The number of aromatic nitrogens is 3. The van der Waals surface area contributed by atoms with Crippen LogP contribution in [0, 0.1) is 0 Å². The van der Waals surface area contributed by atoms with Gasteiger partial charge in [-0.15, -0.1) is 11.3 Å². The van der Waals surface area contributed by atoms with E-state index in [9.17, 15) is 19.2 Å². The molecule has 0 saturated carbocycles. The summed E-state index contributed by atoms with van der Waals surface area (Å²) in [5.74, 6) is -1.84. The summed E-state index contributed by atoms with van der Waals surface area (Å²) in [5, 5.41) is 0.612. The van der Waals surface area contributed by atoms with Gasteiger partial charge in [-0.05, 0) is 18.2 Å². The molecule has 2 aromatic heterocycles. The second-order valence-corrected chi connectivity index (χ2v) is 6.91. The second-order valence-electron chi connectivity index (χ2n) is 5.85. The zero-order chi connectivity index (χ0) is 20.4. The van der Waals surface area contributed by atoms with Gasteiger partial charge in [-0.2, -0.15) is 0 Å². The van der Waals surface area contributed by atoms with Crippen molar-refractivity contribution < 1.29 is 14.3 Å². The molecule has 0 aliphatic carbocycles. The van der Waals surface area contributed by atoms with Gasteiger partial charge in [0.15, 0.2) is 6.61 Å². The number of carbonyl (C=O) groups excluding carboxylic acids is 2. The maximum Gasteiger partial charge on any atom is 0.332 e. The lowest BCUT2D eigenvalue weighted by atomic mass is 10.2. The zero-order valence-electron chi connectivity index (χ0n) is 15.0. The molecule has 0 bridgehead atoms. The Morgan fingerprint density at radius 3 is 2.64 bits per heavy atom. The van der Waals surface area contributed by atoms with Gasteiger partial charge in [0.2, 0.25) is 5.78 Å². The molecule has 0 fully saturated rings. The normalized spacial score (nSPS) is 11.2. The number of hydrogen-bond donors (Lipinski definition) is 1. The van der Waals surface area contributed by atoms with E-state index < -0.39 is 35.2 Å². The zero-order valence-corrected chi connectivity index (χ0v) is 15.9. The number of fused-ring (bicyclic) bond motifs is 1. The third-order valence-corrected chi connectivity index (χ3v) is 5.01. The molecule has 0 aliphatic heterocycles. The number of benzene rings is 1. The highest BCUT2D eigenvalue weighted by atomic mass is 32.1. The van der Waals surface area contributed by atoms with Crippen molar-refractivity contribution in [2.75, 3.05) is 12.3 Å². The third kappa shape index (κ3) is 3.62. The average molecular weight is 400 g/mol. The number of anilines is 1. The lowest BCUT2D eigenvalue weighted by Gasteiger charge is -2.10. The van der Waals surface area contributed by atoms with Gasteiger partial charge in [0.25, 0.3) is 5.56 Å². The number of nitrogen functional groups attached to an aromatic ring is 1. The first kappa shape index (κ1) is 19.2. The van der Waals surface area contributed by atoms with Crippen LogP contribution in [0.1, 0.15) is 15.4 Å². The van der Waals surface area contributed by atoms with E-state index in [4.69, 9.17) is 10.5 Å². The fourth-order valence-electron chi connectivity index (χ4n) is 2.48. The maximum absolute atomic E-state index is 12.3. The van der Waals surface area contributed by atoms with Gasteiger partial charge in [-0.3, -0.25) is 18.7 Å². The van der Waals surface area contributed by atoms with Crippen molar-refractivity contribution in [1.82, 2.24) is 14.1 Å². The van der Waals surface area contributed by atoms with Crippen LogP contribution in [-0.4, -0.2) is 32.5 Å². The molecule has 3 rings (SSSR count). The Hall–Kier alpha value is -3.53. The topological polar surface area (TPSA) is 126 Å². The van der Waals surface area contributed by atoms with E-state index in [0.717, 1.165) is 25.4 Å². The fourth-order valence-corrected chi connectivity index (χ4v) is 3.35. The summed E-state index contributed by atoms with van der Waals surface area (Å²) in [6, 6.07) is 7.53. The molecule has 2 heterocycles. The van der Waals surface area contributed by atoms with Crippen molar-refractivity contribution in [3.05, 3.63) is 61.8 Å². The van der Waals surface area contributed by atoms with Crippen molar-refractivity contribution in [1.29, 1.82) is 0 Å². The third-order valence-electron chi connectivity index (χ3n) is 4.01. The van der Waals surface area contributed by atoms with Crippen molar-refractivity contribution in [3.8, 4) is 0 Å². The molecule has 144 valence electrons. The second kappa shape index (κ2) is 7.61. The fraction of sp³-hybridized carbons (Fsp3) is 0.167. The molecule has 0 aliphatic rings. The van der Waals surface area contributed by atoms with E-state index in [2.05, 4.69) is 4.98 Å². The first-order valence-electron chi connectivity index (χ1n) is 8.08. The quantitative estimate of drug-likeness (QED) is 0.380. The monoisotopic (exact) mass is 400 g/mol. The minimum absolute atomic E-state index is 0.279. The molecule has 0 saturated heterocycles. The summed E-state index contributed by atoms with van der Waals surface area (Å²) < 4.78 is 7.60. The Balaban J connectivity index is 1.70. The van der Waals surface area contributed by atoms with Crippen molar-refractivity contribution >= 4 is 45.2 Å². The Kier molecular flexibility index (Phi) is 5.23. The van der Waals surface area contributed by atoms with E-state index in [1.807, 2.05) is 24.3 Å². The summed E-state index contributed by atoms with van der Waals surface area (Å²) in [7, 11) is 2.56. The van der Waals surface area contributed by atoms with Crippen molar-refractivity contribution in [2.45, 2.75) is 0 Å². The van der Waals surface area contributed by atoms with Gasteiger partial charge in [0, 0.05) is 20.2 Å². The van der Waals surface area contributed by atoms with Crippen LogP contribution in [-0.2, 0) is 23.6 Å². The molecule has 9 nitrogen and oxygen atoms in total. The van der Waals surface area contributed by atoms with Gasteiger partial charge < -0.3 is 10.5 Å². The summed E-state index contributed by atoms with van der Waals surface area (Å²) in [6.45, 7) is -0.680. The molecule has 1 aromatic carbocycles. The first-order chi connectivity index (χ1) is 13.3. The highest BCUT2D eigenvalue weighted by Crippen LogP contribution is 2.22. The first-order valence-corrected chi connectivity index (χ1v) is 8.90.